The van der Waals surface area contributed by atoms with Crippen molar-refractivity contribution in [2.75, 3.05) is 0 Å². The van der Waals surface area contributed by atoms with Gasteiger partial charge in [-0.2, -0.15) is 0 Å². The second kappa shape index (κ2) is 30.2. The number of hydrogen-bond donors (Lipinski definition) is 4. The molecule has 0 unspecified atom stereocenters. The number of nitrogens with two attached hydrogens (primary N) is 2. The molecule has 0 fully saturated rings. The lowest BCUT2D eigenvalue weighted by Crippen LogP contribution is -1.86. The lowest BCUT2D eigenvalue weighted by atomic mass is 10.4. The monoisotopic (exact) mass is 537 g/mol. The maximum absolute atomic E-state index is 7.12. The van der Waals surface area contributed by atoms with E-state index in [-0.39, 0.29) is 14.3 Å². The Labute approximate surface area is 206 Å². The van der Waals surface area contributed by atoms with Crippen molar-refractivity contribution in [3.8, 4) is 0 Å². The van der Waals surface area contributed by atoms with Gasteiger partial charge in [-0.05, 0) is 22.8 Å². The molecule has 0 amide bonds. The number of aryl methyl sites for hydroxylation is 1. The molecular weight excluding hydrogens is 496 g/mol. The molecule has 0 aromatic carbocycles. The van der Waals surface area contributed by atoms with Gasteiger partial charge in [0.25, 0.3) is 0 Å². The average molecular weight is 539 g/mol. The van der Waals surface area contributed by atoms with Gasteiger partial charge in [0, 0.05) is 18.7 Å². The Kier molecular flexibility index (Phi) is 35.5. The van der Waals surface area contributed by atoms with Crippen LogP contribution in [0.2, 0.25) is 0 Å². The van der Waals surface area contributed by atoms with Gasteiger partial charge in [0.05, 0.1) is 18.4 Å². The normalized spacial score (nSPS) is 8.74. The van der Waals surface area contributed by atoms with E-state index in [0.717, 1.165) is 27.4 Å². The molecule has 2 heterocycles. The number of hydrogen-bond acceptors (Lipinski definition) is 8. The molecule has 0 aliphatic heterocycles. The fourth-order valence-corrected chi connectivity index (χ4v) is 3.04. The van der Waals surface area contributed by atoms with Crippen LogP contribution in [0.25, 0.3) is 0 Å². The zero-order valence-electron chi connectivity index (χ0n) is 20.2. The van der Waals surface area contributed by atoms with Gasteiger partial charge < -0.3 is 22.3 Å². The van der Waals surface area contributed by atoms with Crippen molar-refractivity contribution >= 4 is 74.0 Å². The molecule has 31 heavy (non-hydrogen) atoms. The number of rotatable bonds is 4. The van der Waals surface area contributed by atoms with E-state index in [4.69, 9.17) is 23.7 Å². The van der Waals surface area contributed by atoms with Crippen molar-refractivity contribution in [2.45, 2.75) is 69.7 Å². The molecule has 0 spiro atoms. The van der Waals surface area contributed by atoms with Crippen LogP contribution in [-0.4, -0.2) is 35.1 Å². The Morgan fingerprint density at radius 2 is 1.23 bits per heavy atom. The number of nitrogens with one attached hydrogen (secondary N) is 2. The third kappa shape index (κ3) is 18.5. The molecule has 0 radical (unpaired) electrons. The predicted octanol–water partition coefficient (Wildman–Crippen LogP) is 7.33. The summed E-state index contributed by atoms with van der Waals surface area (Å²) in [5, 5.41) is 15.0. The fourth-order valence-electron chi connectivity index (χ4n) is 1.09. The van der Waals surface area contributed by atoms with Gasteiger partial charge in [-0.15, -0.1) is 0 Å². The van der Waals surface area contributed by atoms with E-state index in [0.29, 0.717) is 21.7 Å². The summed E-state index contributed by atoms with van der Waals surface area (Å²) in [6, 6.07) is 0. The molecular formula is C20H41BrN8S2. The van der Waals surface area contributed by atoms with Crippen LogP contribution < -0.4 is 11.5 Å². The first-order chi connectivity index (χ1) is 15.1. The fraction of sp³-hybridized carbons (Fsp3) is 0.500. The van der Waals surface area contributed by atoms with E-state index < -0.39 is 0 Å². The molecule has 0 aliphatic rings. The highest BCUT2D eigenvalue weighted by molar-refractivity contribution is 9.11. The summed E-state index contributed by atoms with van der Waals surface area (Å²) in [7, 11) is 0. The Hall–Kier alpha value is -1.98. The average Bonchev–Trinajstić information content (AvgIpc) is 3.42. The van der Waals surface area contributed by atoms with Gasteiger partial charge in [-0.3, -0.25) is 0 Å². The molecule has 8 nitrogen and oxygen atoms in total. The number of aromatic nitrogens is 2. The van der Waals surface area contributed by atoms with E-state index in [1.165, 1.54) is 29.0 Å². The first kappa shape index (κ1) is 36.4. The SMILES string of the molecule is C.CC.CC.CC.CC.N=Cc1nc(N=CN)sc1Br.[2H]Cc1sc(N=CN)nc1C=N. The zero-order valence-corrected chi connectivity index (χ0v) is 22.4. The van der Waals surface area contributed by atoms with Gasteiger partial charge in [-0.1, -0.05) is 85.5 Å². The molecule has 0 saturated heterocycles. The van der Waals surface area contributed by atoms with Crippen LogP contribution >= 0.6 is 38.6 Å². The van der Waals surface area contributed by atoms with Crippen molar-refractivity contribution in [1.29, 1.82) is 10.8 Å². The van der Waals surface area contributed by atoms with Gasteiger partial charge >= 0.3 is 0 Å². The lowest BCUT2D eigenvalue weighted by molar-refractivity contribution is 1.30. The summed E-state index contributed by atoms with van der Waals surface area (Å²) in [5.74, 6) is 0. The molecule has 0 aliphatic carbocycles. The molecule has 0 bridgehead atoms. The Morgan fingerprint density at radius 1 is 0.839 bits per heavy atom. The Morgan fingerprint density at radius 3 is 1.52 bits per heavy atom. The van der Waals surface area contributed by atoms with Crippen LogP contribution in [0.3, 0.4) is 0 Å². The van der Waals surface area contributed by atoms with Crippen molar-refractivity contribution in [2.24, 2.45) is 21.5 Å². The van der Waals surface area contributed by atoms with E-state index >= 15 is 0 Å². The second-order valence-electron chi connectivity index (χ2n) is 3.31. The molecule has 11 heteroatoms. The maximum atomic E-state index is 7.12. The quantitative estimate of drug-likeness (QED) is 0.238. The van der Waals surface area contributed by atoms with Gasteiger partial charge in [0.15, 0.2) is 0 Å². The summed E-state index contributed by atoms with van der Waals surface area (Å²) in [5.41, 5.74) is 11.2. The Bertz CT molecular complexity index is 731. The minimum absolute atomic E-state index is 0. The number of thiazole rings is 2. The van der Waals surface area contributed by atoms with Crippen LogP contribution in [0.4, 0.5) is 10.3 Å². The van der Waals surface area contributed by atoms with Crippen molar-refractivity contribution in [3.05, 3.63) is 20.1 Å². The summed E-state index contributed by atoms with van der Waals surface area (Å²) in [6.07, 6.45) is 4.62. The highest BCUT2D eigenvalue weighted by atomic mass is 79.9. The van der Waals surface area contributed by atoms with Crippen molar-refractivity contribution in [1.82, 2.24) is 9.97 Å². The van der Waals surface area contributed by atoms with Crippen molar-refractivity contribution in [3.63, 3.8) is 0 Å². The Balaban J connectivity index is -0.000000113. The van der Waals surface area contributed by atoms with Gasteiger partial charge in [0.1, 0.15) is 9.48 Å². The van der Waals surface area contributed by atoms with Gasteiger partial charge in [-0.25, -0.2) is 20.0 Å². The number of halogens is 1. The molecule has 6 N–H and O–H groups in total. The largest absolute Gasteiger partial charge is 0.390 e. The van der Waals surface area contributed by atoms with Crippen LogP contribution in [0, 0.1) is 17.7 Å². The molecule has 2 aromatic rings. The highest BCUT2D eigenvalue weighted by Gasteiger charge is 2.04. The minimum atomic E-state index is 0. The topological polar surface area (TPSA) is 150 Å². The highest BCUT2D eigenvalue weighted by Crippen LogP contribution is 2.28. The van der Waals surface area contributed by atoms with Crippen molar-refractivity contribution < 1.29 is 1.37 Å². The van der Waals surface area contributed by atoms with Gasteiger partial charge in [0.2, 0.25) is 10.3 Å². The zero-order chi connectivity index (χ0) is 25.2. The molecule has 2 rings (SSSR count). The third-order valence-corrected chi connectivity index (χ3v) is 4.45. The van der Waals surface area contributed by atoms with Crippen LogP contribution in [0.1, 0.15) is 80.5 Å². The van der Waals surface area contributed by atoms with E-state index in [2.05, 4.69) is 35.9 Å². The summed E-state index contributed by atoms with van der Waals surface area (Å²) in [4.78, 5) is 16.2. The predicted molar refractivity (Wildman–Crippen MR) is 149 cm³/mol. The third-order valence-electron chi connectivity index (χ3n) is 1.96. The summed E-state index contributed by atoms with van der Waals surface area (Å²) < 4.78 is 7.92. The summed E-state index contributed by atoms with van der Waals surface area (Å²) >= 11 is 5.86. The maximum Gasteiger partial charge on any atom is 0.212 e. The minimum Gasteiger partial charge on any atom is -0.390 e. The summed E-state index contributed by atoms with van der Waals surface area (Å²) in [6.45, 7) is 16.1. The second-order valence-corrected chi connectivity index (χ2v) is 6.66. The lowest BCUT2D eigenvalue weighted by Gasteiger charge is -1.79. The number of nitrogens with zero attached hydrogens (tertiary/aromatic N) is 4. The number of aliphatic imine (C=N–C) groups is 2. The molecule has 0 atom stereocenters. The molecule has 2 aromatic heterocycles. The van der Waals surface area contributed by atoms with E-state index in [9.17, 15) is 0 Å². The molecule has 180 valence electrons. The van der Waals surface area contributed by atoms with Crippen LogP contribution in [0.5, 0.6) is 0 Å². The van der Waals surface area contributed by atoms with Crippen LogP contribution in [-0.2, 0) is 0 Å². The first-order valence-corrected chi connectivity index (χ1v) is 12.0. The van der Waals surface area contributed by atoms with Crippen LogP contribution in [0.15, 0.2) is 13.8 Å². The smallest absolute Gasteiger partial charge is 0.212 e. The standard InChI is InChI=1S/C6H8N4S.C5H5BrN4S.4C2H6.CH4/c1-4-5(2-7)10-6(11-4)9-3-8;6-4-3(1-7)10-5(11-4)9-2-8;4*1-2;/h2-3,7H,1H3,(H2,8,9,10);1-2,7H,(H2,8,9,10);4*1-2H3;1H4/i1D;;;;;;. The van der Waals surface area contributed by atoms with E-state index in [1.807, 2.05) is 55.4 Å². The van der Waals surface area contributed by atoms with E-state index in [1.54, 1.807) is 0 Å². The first-order valence-electron chi connectivity index (χ1n) is 10.2. The molecule has 0 saturated carbocycles.